The summed E-state index contributed by atoms with van der Waals surface area (Å²) in [4.78, 5) is 25.8. The molecule has 144 valence electrons. The highest BCUT2D eigenvalue weighted by Crippen LogP contribution is 2.50. The van der Waals surface area contributed by atoms with Crippen LogP contribution in [0, 0.1) is 0 Å². The van der Waals surface area contributed by atoms with E-state index in [4.69, 9.17) is 5.21 Å². The Morgan fingerprint density at radius 2 is 2.04 bits per heavy atom. The molecule has 1 aromatic heterocycles. The maximum atomic E-state index is 11.9. The number of hydroxylamine groups is 1. The standard InChI is InChI=1S/C20H24N2O3S2/c1-2-18(23)21-15-7-5-6-14(12-15)16-8-9-17(27-16)20(13-19(24)22-25)10-3-4-11-26-20/h5-9,12,25H,2-4,10-11,13H2,1H3,(H,21,23)(H,22,24)/t20-/m0/s1. The molecule has 2 aromatic rings. The summed E-state index contributed by atoms with van der Waals surface area (Å²) >= 11 is 3.49. The first kappa shape index (κ1) is 19.9. The van der Waals surface area contributed by atoms with Crippen LogP contribution in [0.15, 0.2) is 36.4 Å². The van der Waals surface area contributed by atoms with E-state index in [1.165, 1.54) is 0 Å². The van der Waals surface area contributed by atoms with Crippen molar-refractivity contribution in [2.75, 3.05) is 11.1 Å². The number of thioether (sulfide) groups is 1. The molecule has 7 heteroatoms. The average molecular weight is 405 g/mol. The molecule has 1 atom stereocenters. The topological polar surface area (TPSA) is 78.4 Å². The summed E-state index contributed by atoms with van der Waals surface area (Å²) in [7, 11) is 0. The van der Waals surface area contributed by atoms with Crippen LogP contribution < -0.4 is 10.8 Å². The van der Waals surface area contributed by atoms with Gasteiger partial charge in [0.15, 0.2) is 0 Å². The minimum absolute atomic E-state index is 0.00778. The van der Waals surface area contributed by atoms with Crippen molar-refractivity contribution in [3.63, 3.8) is 0 Å². The maximum Gasteiger partial charge on any atom is 0.245 e. The lowest BCUT2D eigenvalue weighted by Gasteiger charge is -2.35. The molecule has 0 aliphatic carbocycles. The van der Waals surface area contributed by atoms with Gasteiger partial charge in [0.1, 0.15) is 0 Å². The van der Waals surface area contributed by atoms with Crippen molar-refractivity contribution >= 4 is 40.6 Å². The van der Waals surface area contributed by atoms with Crippen LogP contribution in [0.2, 0.25) is 0 Å². The molecule has 5 nitrogen and oxygen atoms in total. The molecule has 1 aliphatic rings. The van der Waals surface area contributed by atoms with E-state index in [0.29, 0.717) is 6.42 Å². The second kappa shape index (κ2) is 8.91. The molecule has 27 heavy (non-hydrogen) atoms. The van der Waals surface area contributed by atoms with E-state index < -0.39 is 0 Å². The Labute approximate surface area is 167 Å². The highest BCUT2D eigenvalue weighted by Gasteiger charge is 2.38. The molecule has 0 saturated carbocycles. The zero-order valence-corrected chi connectivity index (χ0v) is 16.9. The number of hydrogen-bond donors (Lipinski definition) is 3. The van der Waals surface area contributed by atoms with Gasteiger partial charge in [-0.25, -0.2) is 5.48 Å². The number of carbonyl (C=O) groups excluding carboxylic acids is 2. The second-order valence-corrected chi connectivity index (χ2v) is 9.22. The van der Waals surface area contributed by atoms with E-state index in [-0.39, 0.29) is 23.0 Å². The summed E-state index contributed by atoms with van der Waals surface area (Å²) in [6, 6.07) is 12.0. The molecule has 2 heterocycles. The lowest BCUT2D eigenvalue weighted by Crippen LogP contribution is -2.32. The third-order valence-corrected chi connectivity index (χ3v) is 7.81. The summed E-state index contributed by atoms with van der Waals surface area (Å²) in [5.41, 5.74) is 3.62. The van der Waals surface area contributed by atoms with E-state index >= 15 is 0 Å². The molecule has 1 saturated heterocycles. The molecule has 3 N–H and O–H groups in total. The fraction of sp³-hybridized carbons (Fsp3) is 0.400. The first-order valence-electron chi connectivity index (χ1n) is 9.14. The van der Waals surface area contributed by atoms with E-state index in [1.54, 1.807) is 16.8 Å². The van der Waals surface area contributed by atoms with Gasteiger partial charge in [-0.1, -0.05) is 25.5 Å². The minimum atomic E-state index is -0.344. The van der Waals surface area contributed by atoms with Crippen LogP contribution in [0.25, 0.3) is 10.4 Å². The number of carbonyl (C=O) groups is 2. The molecular weight excluding hydrogens is 380 g/mol. The second-order valence-electron chi connectivity index (χ2n) is 6.66. The van der Waals surface area contributed by atoms with E-state index in [0.717, 1.165) is 46.0 Å². The van der Waals surface area contributed by atoms with Crippen molar-refractivity contribution in [3.8, 4) is 10.4 Å². The normalized spacial score (nSPS) is 19.5. The number of rotatable bonds is 6. The molecular formula is C20H24N2O3S2. The summed E-state index contributed by atoms with van der Waals surface area (Å²) < 4.78 is -0.276. The number of nitrogens with one attached hydrogen (secondary N) is 2. The van der Waals surface area contributed by atoms with Gasteiger partial charge in [-0.05, 0) is 48.4 Å². The van der Waals surface area contributed by atoms with E-state index in [2.05, 4.69) is 17.4 Å². The average Bonchev–Trinajstić information content (AvgIpc) is 3.20. The van der Waals surface area contributed by atoms with Gasteiger partial charge in [-0.3, -0.25) is 14.8 Å². The van der Waals surface area contributed by atoms with Crippen molar-refractivity contribution < 1.29 is 14.8 Å². The molecule has 0 unspecified atom stereocenters. The first-order valence-corrected chi connectivity index (χ1v) is 10.9. The number of amides is 2. The first-order chi connectivity index (χ1) is 13.1. The largest absolute Gasteiger partial charge is 0.326 e. The van der Waals surface area contributed by atoms with Gasteiger partial charge in [0.05, 0.1) is 4.75 Å². The highest BCUT2D eigenvalue weighted by atomic mass is 32.2. The van der Waals surface area contributed by atoms with Gasteiger partial charge in [-0.15, -0.1) is 23.1 Å². The summed E-state index contributed by atoms with van der Waals surface area (Å²) in [5.74, 6) is 0.667. The third-order valence-electron chi connectivity index (χ3n) is 4.73. The van der Waals surface area contributed by atoms with Gasteiger partial charge in [0, 0.05) is 28.3 Å². The van der Waals surface area contributed by atoms with Gasteiger partial charge in [0.25, 0.3) is 0 Å². The fourth-order valence-corrected chi connectivity index (χ4v) is 6.20. The van der Waals surface area contributed by atoms with Crippen molar-refractivity contribution in [1.82, 2.24) is 5.48 Å². The van der Waals surface area contributed by atoms with E-state index in [9.17, 15) is 9.59 Å². The van der Waals surface area contributed by atoms with Crippen LogP contribution in [0.3, 0.4) is 0 Å². The predicted octanol–water partition coefficient (Wildman–Crippen LogP) is 4.77. The number of hydrogen-bond acceptors (Lipinski definition) is 5. The Morgan fingerprint density at radius 3 is 2.74 bits per heavy atom. The predicted molar refractivity (Wildman–Crippen MR) is 111 cm³/mol. The fourth-order valence-electron chi connectivity index (χ4n) is 3.31. The molecule has 0 radical (unpaired) electrons. The molecule has 2 amide bonds. The summed E-state index contributed by atoms with van der Waals surface area (Å²) in [6.07, 6.45) is 3.89. The SMILES string of the molecule is CCC(=O)Nc1cccc(-c2ccc([C@@]3(CC(=O)NO)CCCCS3)s2)c1. The molecule has 0 bridgehead atoms. The van der Waals surface area contributed by atoms with Crippen molar-refractivity contribution in [3.05, 3.63) is 41.3 Å². The zero-order valence-electron chi connectivity index (χ0n) is 15.3. The van der Waals surface area contributed by atoms with Gasteiger partial charge in [-0.2, -0.15) is 0 Å². The van der Waals surface area contributed by atoms with Gasteiger partial charge < -0.3 is 5.32 Å². The molecule has 0 spiro atoms. The Hall–Kier alpha value is -1.83. The Balaban J connectivity index is 1.87. The Kier molecular flexibility index (Phi) is 6.57. The van der Waals surface area contributed by atoms with Crippen molar-refractivity contribution in [1.29, 1.82) is 0 Å². The number of benzene rings is 1. The van der Waals surface area contributed by atoms with Crippen molar-refractivity contribution in [2.45, 2.75) is 43.8 Å². The Morgan fingerprint density at radius 1 is 1.19 bits per heavy atom. The van der Waals surface area contributed by atoms with Crippen LogP contribution >= 0.6 is 23.1 Å². The number of anilines is 1. The lowest BCUT2D eigenvalue weighted by molar-refractivity contribution is -0.129. The molecule has 1 aliphatic heterocycles. The molecule has 3 rings (SSSR count). The van der Waals surface area contributed by atoms with Gasteiger partial charge >= 0.3 is 0 Å². The Bertz CT molecular complexity index is 813. The summed E-state index contributed by atoms with van der Waals surface area (Å²) in [6.45, 7) is 1.83. The summed E-state index contributed by atoms with van der Waals surface area (Å²) in [5, 5.41) is 11.9. The van der Waals surface area contributed by atoms with Crippen LogP contribution in [0.4, 0.5) is 5.69 Å². The van der Waals surface area contributed by atoms with Crippen LogP contribution in [0.1, 0.15) is 43.9 Å². The zero-order chi connectivity index (χ0) is 19.3. The minimum Gasteiger partial charge on any atom is -0.326 e. The van der Waals surface area contributed by atoms with Gasteiger partial charge in [0.2, 0.25) is 11.8 Å². The third kappa shape index (κ3) is 4.72. The van der Waals surface area contributed by atoms with Crippen LogP contribution in [0.5, 0.6) is 0 Å². The molecule has 1 aromatic carbocycles. The van der Waals surface area contributed by atoms with Crippen LogP contribution in [-0.2, 0) is 14.3 Å². The highest BCUT2D eigenvalue weighted by molar-refractivity contribution is 8.00. The molecule has 1 fully saturated rings. The maximum absolute atomic E-state index is 11.9. The quantitative estimate of drug-likeness (QED) is 0.479. The monoisotopic (exact) mass is 404 g/mol. The lowest BCUT2D eigenvalue weighted by atomic mass is 9.94. The van der Waals surface area contributed by atoms with E-state index in [1.807, 2.05) is 43.0 Å². The van der Waals surface area contributed by atoms with Crippen LogP contribution in [-0.4, -0.2) is 22.8 Å². The number of thiophene rings is 1. The smallest absolute Gasteiger partial charge is 0.245 e. The van der Waals surface area contributed by atoms with Crippen molar-refractivity contribution in [2.24, 2.45) is 0 Å².